The summed E-state index contributed by atoms with van der Waals surface area (Å²) in [6.45, 7) is 4.40. The molecule has 1 amide bonds. The number of nitrogens with one attached hydrogen (secondary N) is 1. The number of amides is 1. The topological polar surface area (TPSA) is 55.1 Å². The predicted molar refractivity (Wildman–Crippen MR) is 44.0 cm³/mol. The smallest absolute Gasteiger partial charge is 0.222 e. The molecule has 3 heteroatoms. The zero-order valence-electron chi connectivity index (χ0n) is 7.18. The number of carbonyl (C=O) groups is 1. The Morgan fingerprint density at radius 3 is 2.55 bits per heavy atom. The van der Waals surface area contributed by atoms with E-state index in [1.54, 1.807) is 0 Å². The monoisotopic (exact) mass is 156 g/mol. The van der Waals surface area contributed by atoms with Gasteiger partial charge in [0.2, 0.25) is 5.91 Å². The average molecular weight is 156 g/mol. The van der Waals surface area contributed by atoms with Gasteiger partial charge in [0.15, 0.2) is 0 Å². The van der Waals surface area contributed by atoms with Crippen molar-refractivity contribution in [1.29, 1.82) is 0 Å². The van der Waals surface area contributed by atoms with Crippen LogP contribution >= 0.6 is 0 Å². The molecule has 1 aliphatic rings. The molecule has 0 aromatic carbocycles. The highest BCUT2D eigenvalue weighted by atomic mass is 16.1. The highest BCUT2D eigenvalue weighted by molar-refractivity contribution is 5.77. The Bertz CT molecular complexity index is 161. The quantitative estimate of drug-likeness (QED) is 0.615. The summed E-state index contributed by atoms with van der Waals surface area (Å²) in [5.74, 6) is 0.166. The number of nitrogens with two attached hydrogens (primary N) is 1. The Balaban J connectivity index is 2.16. The Hall–Kier alpha value is -0.570. The molecule has 0 spiro atoms. The molecule has 1 fully saturated rings. The highest BCUT2D eigenvalue weighted by Gasteiger charge is 2.38. The van der Waals surface area contributed by atoms with E-state index >= 15 is 0 Å². The van der Waals surface area contributed by atoms with Gasteiger partial charge in [-0.1, -0.05) is 13.8 Å². The van der Waals surface area contributed by atoms with Crippen LogP contribution in [-0.4, -0.2) is 18.0 Å². The molecule has 0 aromatic heterocycles. The fourth-order valence-corrected chi connectivity index (χ4v) is 0.805. The first-order valence-corrected chi connectivity index (χ1v) is 4.10. The molecule has 0 heterocycles. The summed E-state index contributed by atoms with van der Waals surface area (Å²) in [5, 5.41) is 2.82. The Morgan fingerprint density at radius 1 is 1.64 bits per heavy atom. The summed E-state index contributed by atoms with van der Waals surface area (Å²) in [6, 6.07) is 0. The molecule has 0 unspecified atom stereocenters. The maximum atomic E-state index is 11.1. The first kappa shape index (κ1) is 8.53. The summed E-state index contributed by atoms with van der Waals surface area (Å²) >= 11 is 0. The molecule has 64 valence electrons. The molecule has 0 saturated heterocycles. The molecule has 11 heavy (non-hydrogen) atoms. The molecule has 3 nitrogen and oxygen atoms in total. The minimum atomic E-state index is -0.0649. The van der Waals surface area contributed by atoms with Gasteiger partial charge in [0.25, 0.3) is 0 Å². The SMILES string of the molecule is CC(C)C(=O)NCC1(N)CC1. The van der Waals surface area contributed by atoms with Crippen LogP contribution in [0.2, 0.25) is 0 Å². The number of rotatable bonds is 3. The van der Waals surface area contributed by atoms with Gasteiger partial charge in [-0.25, -0.2) is 0 Å². The van der Waals surface area contributed by atoms with Crippen LogP contribution < -0.4 is 11.1 Å². The normalized spacial score (nSPS) is 20.0. The van der Waals surface area contributed by atoms with E-state index in [0.717, 1.165) is 12.8 Å². The van der Waals surface area contributed by atoms with Gasteiger partial charge in [0, 0.05) is 18.0 Å². The summed E-state index contributed by atoms with van der Waals surface area (Å²) in [5.41, 5.74) is 5.72. The van der Waals surface area contributed by atoms with Gasteiger partial charge in [-0.3, -0.25) is 4.79 Å². The number of hydrogen-bond acceptors (Lipinski definition) is 2. The van der Waals surface area contributed by atoms with E-state index in [9.17, 15) is 4.79 Å². The maximum Gasteiger partial charge on any atom is 0.222 e. The summed E-state index contributed by atoms with van der Waals surface area (Å²) in [4.78, 5) is 11.1. The van der Waals surface area contributed by atoms with E-state index in [4.69, 9.17) is 5.73 Å². The van der Waals surface area contributed by atoms with Crippen LogP contribution in [0.25, 0.3) is 0 Å². The molecule has 1 aliphatic carbocycles. The zero-order valence-corrected chi connectivity index (χ0v) is 7.18. The number of hydrogen-bond donors (Lipinski definition) is 2. The highest BCUT2D eigenvalue weighted by Crippen LogP contribution is 2.30. The lowest BCUT2D eigenvalue weighted by atomic mass is 10.2. The molecule has 1 rings (SSSR count). The van der Waals surface area contributed by atoms with Gasteiger partial charge in [-0.2, -0.15) is 0 Å². The van der Waals surface area contributed by atoms with E-state index in [1.165, 1.54) is 0 Å². The van der Waals surface area contributed by atoms with Crippen molar-refractivity contribution in [2.75, 3.05) is 6.54 Å². The second-order valence-electron chi connectivity index (χ2n) is 3.73. The van der Waals surface area contributed by atoms with E-state index in [-0.39, 0.29) is 17.4 Å². The standard InChI is InChI=1S/C8H16N2O/c1-6(2)7(11)10-5-8(9)3-4-8/h6H,3-5,9H2,1-2H3,(H,10,11). The summed E-state index contributed by atoms with van der Waals surface area (Å²) < 4.78 is 0. The predicted octanol–water partition coefficient (Wildman–Crippen LogP) is 0.250. The first-order chi connectivity index (χ1) is 5.03. The van der Waals surface area contributed by atoms with Crippen LogP contribution in [-0.2, 0) is 4.79 Å². The number of carbonyl (C=O) groups excluding carboxylic acids is 1. The third-order valence-corrected chi connectivity index (χ3v) is 2.03. The molecular formula is C8H16N2O. The van der Waals surface area contributed by atoms with Gasteiger partial charge in [0.1, 0.15) is 0 Å². The average Bonchev–Trinajstić information content (AvgIpc) is 2.64. The fourth-order valence-electron chi connectivity index (χ4n) is 0.805. The van der Waals surface area contributed by atoms with Gasteiger partial charge < -0.3 is 11.1 Å². The first-order valence-electron chi connectivity index (χ1n) is 4.10. The zero-order chi connectivity index (χ0) is 8.48. The Morgan fingerprint density at radius 2 is 2.18 bits per heavy atom. The van der Waals surface area contributed by atoms with Crippen LogP contribution in [0.15, 0.2) is 0 Å². The van der Waals surface area contributed by atoms with E-state index in [2.05, 4.69) is 5.32 Å². The van der Waals surface area contributed by atoms with Crippen molar-refractivity contribution in [3.8, 4) is 0 Å². The molecule has 0 aliphatic heterocycles. The van der Waals surface area contributed by atoms with Crippen molar-refractivity contribution >= 4 is 5.91 Å². The van der Waals surface area contributed by atoms with Crippen molar-refractivity contribution < 1.29 is 4.79 Å². The van der Waals surface area contributed by atoms with Gasteiger partial charge in [-0.05, 0) is 12.8 Å². The van der Waals surface area contributed by atoms with Crippen LogP contribution in [0.1, 0.15) is 26.7 Å². The Labute approximate surface area is 67.3 Å². The molecule has 0 atom stereocenters. The van der Waals surface area contributed by atoms with Gasteiger partial charge in [-0.15, -0.1) is 0 Å². The second kappa shape index (κ2) is 2.81. The van der Waals surface area contributed by atoms with Crippen LogP contribution in [0.4, 0.5) is 0 Å². The van der Waals surface area contributed by atoms with Crippen molar-refractivity contribution in [3.05, 3.63) is 0 Å². The minimum Gasteiger partial charge on any atom is -0.354 e. The van der Waals surface area contributed by atoms with Gasteiger partial charge in [0.05, 0.1) is 0 Å². The van der Waals surface area contributed by atoms with E-state index < -0.39 is 0 Å². The lowest BCUT2D eigenvalue weighted by Crippen LogP contribution is -2.40. The lowest BCUT2D eigenvalue weighted by molar-refractivity contribution is -0.124. The van der Waals surface area contributed by atoms with E-state index in [0.29, 0.717) is 6.54 Å². The summed E-state index contributed by atoms with van der Waals surface area (Å²) in [7, 11) is 0. The van der Waals surface area contributed by atoms with E-state index in [1.807, 2.05) is 13.8 Å². The van der Waals surface area contributed by atoms with Crippen molar-refractivity contribution in [2.45, 2.75) is 32.2 Å². The third kappa shape index (κ3) is 2.50. The fraction of sp³-hybridized carbons (Fsp3) is 0.875. The lowest BCUT2D eigenvalue weighted by Gasteiger charge is -2.11. The molecule has 0 bridgehead atoms. The van der Waals surface area contributed by atoms with Crippen molar-refractivity contribution in [3.63, 3.8) is 0 Å². The largest absolute Gasteiger partial charge is 0.354 e. The second-order valence-corrected chi connectivity index (χ2v) is 3.73. The van der Waals surface area contributed by atoms with Crippen molar-refractivity contribution in [2.24, 2.45) is 11.7 Å². The van der Waals surface area contributed by atoms with Crippen LogP contribution in [0, 0.1) is 5.92 Å². The molecule has 0 radical (unpaired) electrons. The molecule has 1 saturated carbocycles. The molecule has 0 aromatic rings. The Kier molecular flexibility index (Phi) is 2.18. The summed E-state index contributed by atoms with van der Waals surface area (Å²) in [6.07, 6.45) is 2.09. The van der Waals surface area contributed by atoms with Crippen LogP contribution in [0.5, 0.6) is 0 Å². The minimum absolute atomic E-state index is 0.0649. The molecular weight excluding hydrogens is 140 g/mol. The maximum absolute atomic E-state index is 11.1. The van der Waals surface area contributed by atoms with Gasteiger partial charge >= 0.3 is 0 Å². The molecule has 3 N–H and O–H groups in total. The van der Waals surface area contributed by atoms with Crippen molar-refractivity contribution in [1.82, 2.24) is 5.32 Å². The van der Waals surface area contributed by atoms with Crippen LogP contribution in [0.3, 0.4) is 0 Å². The third-order valence-electron chi connectivity index (χ3n) is 2.03.